The maximum absolute atomic E-state index is 12.1. The Morgan fingerprint density at radius 2 is 1.80 bits per heavy atom. The number of hydrogen-bond donors (Lipinski definition) is 4. The van der Waals surface area contributed by atoms with Crippen LogP contribution >= 0.6 is 0 Å². The quantitative estimate of drug-likeness (QED) is 0.569. The second-order valence-electron chi connectivity index (χ2n) is 5.43. The molecule has 0 fully saturated rings. The average Bonchev–Trinajstić information content (AvgIpc) is 2.54. The van der Waals surface area contributed by atoms with Crippen molar-refractivity contribution in [2.75, 3.05) is 5.73 Å². The highest BCUT2D eigenvalue weighted by atomic mass is 16.4. The number of nitrogen functional groups attached to an aromatic ring is 1. The molecule has 0 saturated heterocycles. The summed E-state index contributed by atoms with van der Waals surface area (Å²) >= 11 is 0. The predicted molar refractivity (Wildman–Crippen MR) is 90.9 cm³/mol. The number of rotatable bonds is 3. The third kappa shape index (κ3) is 2.49. The summed E-state index contributed by atoms with van der Waals surface area (Å²) in [7, 11) is 0. The number of aryl methyl sites for hydroxylation is 1. The van der Waals surface area contributed by atoms with Crippen molar-refractivity contribution in [2.24, 2.45) is 0 Å². The molecule has 0 aliphatic carbocycles. The lowest BCUT2D eigenvalue weighted by Crippen LogP contribution is -2.24. The minimum atomic E-state index is -1.55. The molecule has 8 nitrogen and oxygen atoms in total. The number of nitrogens with one attached hydrogen (secondary N) is 1. The maximum Gasteiger partial charge on any atom is 0.342 e. The van der Waals surface area contributed by atoms with E-state index in [1.165, 1.54) is 0 Å². The lowest BCUT2D eigenvalue weighted by atomic mass is 9.91. The van der Waals surface area contributed by atoms with Gasteiger partial charge in [0.2, 0.25) is 0 Å². The first-order valence-corrected chi connectivity index (χ1v) is 7.20. The van der Waals surface area contributed by atoms with Crippen LogP contribution in [0.1, 0.15) is 26.3 Å². The molecule has 2 heterocycles. The van der Waals surface area contributed by atoms with E-state index < -0.39 is 34.4 Å². The Kier molecular flexibility index (Phi) is 3.72. The lowest BCUT2D eigenvalue weighted by Gasteiger charge is -2.14. The molecule has 0 radical (unpaired) electrons. The summed E-state index contributed by atoms with van der Waals surface area (Å²) in [5, 5.41) is 19.5. The van der Waals surface area contributed by atoms with E-state index in [0.717, 1.165) is 5.56 Å². The standard InChI is InChI=1S/C17H13N3O5/c1-7-4-5-8(9-3-2-6-19-13(7)9)10-11(16(22)23)14(18)20-15(21)12(10)17(24)25/h2-6H,1H3,(H,22,23)(H,24,25)(H3,18,20,21). The Morgan fingerprint density at radius 3 is 2.44 bits per heavy atom. The van der Waals surface area contributed by atoms with Gasteiger partial charge < -0.3 is 20.9 Å². The average molecular weight is 339 g/mol. The van der Waals surface area contributed by atoms with E-state index in [4.69, 9.17) is 5.73 Å². The molecule has 3 rings (SSSR count). The molecule has 25 heavy (non-hydrogen) atoms. The number of benzene rings is 1. The number of hydrogen-bond acceptors (Lipinski definition) is 5. The van der Waals surface area contributed by atoms with E-state index in [0.29, 0.717) is 10.9 Å². The molecule has 2 aromatic heterocycles. The zero-order chi connectivity index (χ0) is 18.3. The SMILES string of the molecule is Cc1ccc(-c2c(C(=O)O)c(N)[nH]c(=O)c2C(=O)O)c2cccnc12. The molecular formula is C17H13N3O5. The van der Waals surface area contributed by atoms with Crippen LogP contribution in [-0.2, 0) is 0 Å². The van der Waals surface area contributed by atoms with Gasteiger partial charge in [0.15, 0.2) is 0 Å². The number of pyridine rings is 2. The van der Waals surface area contributed by atoms with Gasteiger partial charge in [0.05, 0.1) is 5.52 Å². The monoisotopic (exact) mass is 339 g/mol. The summed E-state index contributed by atoms with van der Waals surface area (Å²) in [6.07, 6.45) is 1.57. The van der Waals surface area contributed by atoms with Crippen LogP contribution in [0.2, 0.25) is 0 Å². The fraction of sp³-hybridized carbons (Fsp3) is 0.0588. The Morgan fingerprint density at radius 1 is 1.12 bits per heavy atom. The number of aromatic nitrogens is 2. The van der Waals surface area contributed by atoms with Crippen molar-refractivity contribution in [3.8, 4) is 11.1 Å². The zero-order valence-electron chi connectivity index (χ0n) is 13.0. The number of aromatic carboxylic acids is 2. The minimum absolute atomic E-state index is 0.237. The minimum Gasteiger partial charge on any atom is -0.478 e. The molecule has 0 spiro atoms. The van der Waals surface area contributed by atoms with Crippen molar-refractivity contribution >= 4 is 28.7 Å². The molecule has 8 heteroatoms. The predicted octanol–water partition coefficient (Wildman–Crippen LogP) is 1.88. The summed E-state index contributed by atoms with van der Waals surface area (Å²) in [5.41, 5.74) is 4.97. The van der Waals surface area contributed by atoms with Gasteiger partial charge in [-0.15, -0.1) is 0 Å². The van der Waals surface area contributed by atoms with E-state index in [1.54, 1.807) is 30.5 Å². The van der Waals surface area contributed by atoms with Crippen molar-refractivity contribution in [3.05, 3.63) is 57.5 Å². The van der Waals surface area contributed by atoms with E-state index in [2.05, 4.69) is 9.97 Å². The van der Waals surface area contributed by atoms with Gasteiger partial charge in [-0.1, -0.05) is 18.2 Å². The van der Waals surface area contributed by atoms with Crippen molar-refractivity contribution in [3.63, 3.8) is 0 Å². The lowest BCUT2D eigenvalue weighted by molar-refractivity contribution is 0.0695. The van der Waals surface area contributed by atoms with Gasteiger partial charge in [0.25, 0.3) is 5.56 Å². The summed E-state index contributed by atoms with van der Waals surface area (Å²) in [4.78, 5) is 41.8. The van der Waals surface area contributed by atoms with Crippen LogP contribution < -0.4 is 11.3 Å². The van der Waals surface area contributed by atoms with Gasteiger partial charge in [-0.2, -0.15) is 0 Å². The molecule has 0 atom stereocenters. The third-order valence-electron chi connectivity index (χ3n) is 3.91. The number of fused-ring (bicyclic) bond motifs is 1. The normalized spacial score (nSPS) is 10.8. The summed E-state index contributed by atoms with van der Waals surface area (Å²) in [6, 6.07) is 6.56. The zero-order valence-corrected chi connectivity index (χ0v) is 13.0. The first-order chi connectivity index (χ1) is 11.8. The van der Waals surface area contributed by atoms with Crippen LogP contribution in [0.3, 0.4) is 0 Å². The van der Waals surface area contributed by atoms with Crippen LogP contribution in [0.15, 0.2) is 35.3 Å². The second-order valence-corrected chi connectivity index (χ2v) is 5.43. The van der Waals surface area contributed by atoms with Crippen LogP contribution in [-0.4, -0.2) is 32.1 Å². The fourth-order valence-corrected chi connectivity index (χ4v) is 2.85. The van der Waals surface area contributed by atoms with Gasteiger partial charge in [-0.25, -0.2) is 9.59 Å². The van der Waals surface area contributed by atoms with E-state index >= 15 is 0 Å². The van der Waals surface area contributed by atoms with Crippen LogP contribution in [0.25, 0.3) is 22.0 Å². The van der Waals surface area contributed by atoms with E-state index in [1.807, 2.05) is 6.92 Å². The van der Waals surface area contributed by atoms with E-state index in [-0.39, 0.29) is 11.1 Å². The molecule has 3 aromatic rings. The highest BCUT2D eigenvalue weighted by Gasteiger charge is 2.27. The number of anilines is 1. The number of nitrogens with zero attached hydrogens (tertiary/aromatic N) is 1. The van der Waals surface area contributed by atoms with Crippen LogP contribution in [0.4, 0.5) is 5.82 Å². The number of H-pyrrole nitrogens is 1. The molecular weight excluding hydrogens is 326 g/mol. The van der Waals surface area contributed by atoms with Gasteiger partial charge in [0, 0.05) is 17.1 Å². The molecule has 0 aliphatic heterocycles. The Hall–Kier alpha value is -3.68. The van der Waals surface area contributed by atoms with Crippen molar-refractivity contribution in [1.82, 2.24) is 9.97 Å². The van der Waals surface area contributed by atoms with Gasteiger partial charge in [-0.3, -0.25) is 9.78 Å². The molecule has 0 aliphatic rings. The fourth-order valence-electron chi connectivity index (χ4n) is 2.85. The highest BCUT2D eigenvalue weighted by Crippen LogP contribution is 2.34. The maximum atomic E-state index is 12.1. The molecule has 0 bridgehead atoms. The Labute approximate surface area is 140 Å². The van der Waals surface area contributed by atoms with Crippen LogP contribution in [0.5, 0.6) is 0 Å². The molecule has 0 amide bonds. The van der Waals surface area contributed by atoms with Crippen molar-refractivity contribution in [1.29, 1.82) is 0 Å². The van der Waals surface area contributed by atoms with Gasteiger partial charge >= 0.3 is 11.9 Å². The summed E-state index contributed by atoms with van der Waals surface area (Å²) in [6.45, 7) is 1.82. The number of carbonyl (C=O) groups is 2. The first-order valence-electron chi connectivity index (χ1n) is 7.20. The Balaban J connectivity index is 2.58. The summed E-state index contributed by atoms with van der Waals surface area (Å²) < 4.78 is 0. The number of aromatic amines is 1. The molecule has 5 N–H and O–H groups in total. The number of carboxylic acid groups (broad SMARTS) is 2. The van der Waals surface area contributed by atoms with Crippen molar-refractivity contribution in [2.45, 2.75) is 6.92 Å². The molecule has 126 valence electrons. The number of carboxylic acids is 2. The second kappa shape index (κ2) is 5.75. The smallest absolute Gasteiger partial charge is 0.342 e. The molecule has 1 aromatic carbocycles. The molecule has 0 unspecified atom stereocenters. The van der Waals surface area contributed by atoms with Crippen LogP contribution in [0, 0.1) is 6.92 Å². The Bertz CT molecular complexity index is 1100. The third-order valence-corrected chi connectivity index (χ3v) is 3.91. The highest BCUT2D eigenvalue weighted by molar-refractivity contribution is 6.11. The van der Waals surface area contributed by atoms with E-state index in [9.17, 15) is 24.6 Å². The summed E-state index contributed by atoms with van der Waals surface area (Å²) in [5.74, 6) is -3.39. The van der Waals surface area contributed by atoms with Gasteiger partial charge in [0.1, 0.15) is 16.9 Å². The largest absolute Gasteiger partial charge is 0.478 e. The first kappa shape index (κ1) is 16.2. The number of nitrogens with two attached hydrogens (primary N) is 1. The topological polar surface area (TPSA) is 146 Å². The van der Waals surface area contributed by atoms with Gasteiger partial charge in [-0.05, 0) is 24.1 Å². The molecule has 0 saturated carbocycles. The van der Waals surface area contributed by atoms with Crippen molar-refractivity contribution < 1.29 is 19.8 Å².